The summed E-state index contributed by atoms with van der Waals surface area (Å²) < 4.78 is 10.7. The average molecular weight is 309 g/mol. The van der Waals surface area contributed by atoms with Gasteiger partial charge in [-0.25, -0.2) is 0 Å². The molecule has 1 aromatic carbocycles. The first-order valence-electron chi connectivity index (χ1n) is 5.83. The Bertz CT molecular complexity index is 777. The van der Waals surface area contributed by atoms with Gasteiger partial charge >= 0.3 is 0 Å². The first kappa shape index (κ1) is 13.1. The zero-order valence-corrected chi connectivity index (χ0v) is 12.0. The monoisotopic (exact) mass is 308 g/mol. The third-order valence-corrected chi connectivity index (χ3v) is 3.54. The highest BCUT2D eigenvalue weighted by atomic mass is 35.5. The summed E-state index contributed by atoms with van der Waals surface area (Å²) in [6.45, 7) is 1.91. The Labute approximate surface area is 125 Å². The van der Waals surface area contributed by atoms with Crippen molar-refractivity contribution in [1.82, 2.24) is 5.16 Å². The molecular weight excluding hydrogens is 299 g/mol. The lowest BCUT2D eigenvalue weighted by Gasteiger charge is -2.05. The van der Waals surface area contributed by atoms with Crippen LogP contribution in [0.5, 0.6) is 0 Å². The van der Waals surface area contributed by atoms with Crippen molar-refractivity contribution in [2.45, 2.75) is 6.92 Å². The fourth-order valence-corrected chi connectivity index (χ4v) is 2.52. The third kappa shape index (κ3) is 2.07. The Morgan fingerprint density at radius 3 is 2.60 bits per heavy atom. The minimum atomic E-state index is 0.250. The quantitative estimate of drug-likeness (QED) is 0.738. The Morgan fingerprint density at radius 2 is 1.95 bits per heavy atom. The summed E-state index contributed by atoms with van der Waals surface area (Å²) in [4.78, 5) is 0. The number of nitrogens with zero attached hydrogens (tertiary/aromatic N) is 1. The highest BCUT2D eigenvalue weighted by molar-refractivity contribution is 6.36. The molecule has 2 aromatic heterocycles. The molecule has 0 saturated heterocycles. The van der Waals surface area contributed by atoms with Gasteiger partial charge in [0.05, 0.1) is 16.8 Å². The fraction of sp³-hybridized carbons (Fsp3) is 0.0714. The third-order valence-electron chi connectivity index (χ3n) is 2.99. The van der Waals surface area contributed by atoms with E-state index in [0.29, 0.717) is 32.7 Å². The van der Waals surface area contributed by atoms with E-state index in [1.54, 1.807) is 24.5 Å². The fourth-order valence-electron chi connectivity index (χ4n) is 2.02. The van der Waals surface area contributed by atoms with Gasteiger partial charge in [0.25, 0.3) is 0 Å². The first-order chi connectivity index (χ1) is 9.58. The van der Waals surface area contributed by atoms with E-state index in [-0.39, 0.29) is 5.82 Å². The summed E-state index contributed by atoms with van der Waals surface area (Å²) in [5.74, 6) is 1.28. The van der Waals surface area contributed by atoms with E-state index in [1.165, 1.54) is 0 Å². The molecule has 0 aliphatic heterocycles. The van der Waals surface area contributed by atoms with Crippen molar-refractivity contribution >= 4 is 29.0 Å². The minimum Gasteiger partial charge on any atom is -0.461 e. The number of aryl methyl sites for hydroxylation is 1. The van der Waals surface area contributed by atoms with Gasteiger partial charge in [-0.15, -0.1) is 0 Å². The van der Waals surface area contributed by atoms with Gasteiger partial charge in [0.1, 0.15) is 0 Å². The SMILES string of the molecule is Cc1ccoc1-c1onc(N)c1-c1ccc(Cl)cc1Cl. The van der Waals surface area contributed by atoms with Crippen molar-refractivity contribution in [3.8, 4) is 22.6 Å². The maximum atomic E-state index is 6.23. The second-order valence-corrected chi connectivity index (χ2v) is 5.17. The maximum Gasteiger partial charge on any atom is 0.212 e. The van der Waals surface area contributed by atoms with E-state index >= 15 is 0 Å². The summed E-state index contributed by atoms with van der Waals surface area (Å²) in [7, 11) is 0. The molecule has 0 saturated carbocycles. The Hall–Kier alpha value is -1.91. The number of hydrogen-bond acceptors (Lipinski definition) is 4. The number of aromatic nitrogens is 1. The predicted octanol–water partition coefficient (Wildman–Crippen LogP) is 4.80. The van der Waals surface area contributed by atoms with Gasteiger partial charge in [-0.1, -0.05) is 34.4 Å². The number of nitrogen functional groups attached to an aromatic ring is 1. The van der Waals surface area contributed by atoms with E-state index in [1.807, 2.05) is 13.0 Å². The van der Waals surface area contributed by atoms with Crippen LogP contribution in [0.4, 0.5) is 5.82 Å². The van der Waals surface area contributed by atoms with Gasteiger partial charge in [0.15, 0.2) is 11.6 Å². The summed E-state index contributed by atoms with van der Waals surface area (Å²) >= 11 is 12.1. The van der Waals surface area contributed by atoms with E-state index in [9.17, 15) is 0 Å². The lowest BCUT2D eigenvalue weighted by molar-refractivity contribution is 0.421. The molecule has 0 atom stereocenters. The molecule has 0 spiro atoms. The number of hydrogen-bond donors (Lipinski definition) is 1. The van der Waals surface area contributed by atoms with Crippen LogP contribution in [0.1, 0.15) is 5.56 Å². The predicted molar refractivity (Wildman–Crippen MR) is 78.8 cm³/mol. The molecule has 102 valence electrons. The molecular formula is C14H10Cl2N2O2. The van der Waals surface area contributed by atoms with Gasteiger partial charge in [0.2, 0.25) is 5.76 Å². The van der Waals surface area contributed by atoms with Crippen LogP contribution in [0.25, 0.3) is 22.6 Å². The van der Waals surface area contributed by atoms with Crippen LogP contribution in [0.15, 0.2) is 39.5 Å². The molecule has 0 fully saturated rings. The molecule has 20 heavy (non-hydrogen) atoms. The lowest BCUT2D eigenvalue weighted by Crippen LogP contribution is -1.90. The van der Waals surface area contributed by atoms with Crippen LogP contribution in [0, 0.1) is 6.92 Å². The van der Waals surface area contributed by atoms with Crippen LogP contribution in [-0.2, 0) is 0 Å². The zero-order valence-electron chi connectivity index (χ0n) is 10.5. The highest BCUT2D eigenvalue weighted by Gasteiger charge is 2.23. The van der Waals surface area contributed by atoms with Crippen LogP contribution < -0.4 is 5.73 Å². The topological polar surface area (TPSA) is 65.2 Å². The minimum absolute atomic E-state index is 0.250. The van der Waals surface area contributed by atoms with Gasteiger partial charge in [0, 0.05) is 10.6 Å². The summed E-state index contributed by atoms with van der Waals surface area (Å²) in [6, 6.07) is 6.98. The molecule has 2 heterocycles. The zero-order chi connectivity index (χ0) is 14.3. The number of rotatable bonds is 2. The number of nitrogens with two attached hydrogens (primary N) is 1. The molecule has 4 nitrogen and oxygen atoms in total. The molecule has 2 N–H and O–H groups in total. The Kier molecular flexibility index (Phi) is 3.20. The number of halogens is 2. The molecule has 3 rings (SSSR count). The second-order valence-electron chi connectivity index (χ2n) is 4.33. The lowest BCUT2D eigenvalue weighted by atomic mass is 10.0. The van der Waals surface area contributed by atoms with Crippen molar-refractivity contribution in [1.29, 1.82) is 0 Å². The van der Waals surface area contributed by atoms with E-state index in [2.05, 4.69) is 5.16 Å². The standard InChI is InChI=1S/C14H10Cl2N2O2/c1-7-4-5-19-12(7)13-11(14(17)18-20-13)9-3-2-8(15)6-10(9)16/h2-6H,1H3,(H2,17,18). The summed E-state index contributed by atoms with van der Waals surface area (Å²) in [5, 5.41) is 4.82. The normalized spacial score (nSPS) is 10.9. The molecule has 0 aliphatic carbocycles. The van der Waals surface area contributed by atoms with E-state index in [0.717, 1.165) is 5.56 Å². The first-order valence-corrected chi connectivity index (χ1v) is 6.58. The molecule has 3 aromatic rings. The summed E-state index contributed by atoms with van der Waals surface area (Å²) in [6.07, 6.45) is 1.58. The molecule has 0 bridgehead atoms. The highest BCUT2D eigenvalue weighted by Crippen LogP contribution is 2.41. The molecule has 0 amide bonds. The second kappa shape index (κ2) is 4.89. The van der Waals surface area contributed by atoms with Gasteiger partial charge in [-0.2, -0.15) is 0 Å². The number of benzene rings is 1. The Morgan fingerprint density at radius 1 is 1.15 bits per heavy atom. The number of anilines is 1. The van der Waals surface area contributed by atoms with E-state index in [4.69, 9.17) is 37.9 Å². The summed E-state index contributed by atoms with van der Waals surface area (Å²) in [5.41, 5.74) is 8.12. The van der Waals surface area contributed by atoms with Gasteiger partial charge < -0.3 is 14.7 Å². The van der Waals surface area contributed by atoms with Crippen molar-refractivity contribution in [2.24, 2.45) is 0 Å². The molecule has 0 radical (unpaired) electrons. The van der Waals surface area contributed by atoms with Crippen LogP contribution in [-0.4, -0.2) is 5.16 Å². The Balaban J connectivity index is 2.24. The molecule has 0 aliphatic rings. The van der Waals surface area contributed by atoms with E-state index < -0.39 is 0 Å². The van der Waals surface area contributed by atoms with Crippen molar-refractivity contribution in [3.05, 3.63) is 46.1 Å². The van der Waals surface area contributed by atoms with Crippen LogP contribution in [0.2, 0.25) is 10.0 Å². The average Bonchev–Trinajstić information content (AvgIpc) is 2.96. The van der Waals surface area contributed by atoms with Crippen molar-refractivity contribution < 1.29 is 8.94 Å². The van der Waals surface area contributed by atoms with Crippen LogP contribution in [0.3, 0.4) is 0 Å². The van der Waals surface area contributed by atoms with Gasteiger partial charge in [-0.3, -0.25) is 0 Å². The van der Waals surface area contributed by atoms with Crippen LogP contribution >= 0.6 is 23.2 Å². The van der Waals surface area contributed by atoms with Gasteiger partial charge in [-0.05, 0) is 30.7 Å². The largest absolute Gasteiger partial charge is 0.461 e. The molecule has 0 unspecified atom stereocenters. The number of furan rings is 1. The smallest absolute Gasteiger partial charge is 0.212 e. The van der Waals surface area contributed by atoms with Crippen molar-refractivity contribution in [3.63, 3.8) is 0 Å². The molecule has 6 heteroatoms. The maximum absolute atomic E-state index is 6.23. The van der Waals surface area contributed by atoms with Crippen molar-refractivity contribution in [2.75, 3.05) is 5.73 Å².